The summed E-state index contributed by atoms with van der Waals surface area (Å²) in [6.45, 7) is 4.97. The number of aromatic carboxylic acids is 1. The van der Waals surface area contributed by atoms with Crippen LogP contribution in [0.15, 0.2) is 42.6 Å². The third-order valence-corrected chi connectivity index (χ3v) is 4.75. The molecule has 1 saturated heterocycles. The Labute approximate surface area is 151 Å². The summed E-state index contributed by atoms with van der Waals surface area (Å²) in [5, 5.41) is 19.8. The number of hydrogen-bond donors (Lipinski definition) is 1. The maximum atomic E-state index is 11.3. The lowest BCUT2D eigenvalue weighted by atomic mass is 9.96. The van der Waals surface area contributed by atoms with Gasteiger partial charge in [0.15, 0.2) is 5.82 Å². The molecule has 132 valence electrons. The van der Waals surface area contributed by atoms with Crippen LogP contribution in [0.1, 0.15) is 15.9 Å². The number of ether oxygens (including phenoxy) is 1. The Morgan fingerprint density at radius 2 is 1.96 bits per heavy atom. The molecule has 2 aromatic carbocycles. The monoisotopic (exact) mass is 349 g/mol. The predicted molar refractivity (Wildman–Crippen MR) is 99.7 cm³/mol. The van der Waals surface area contributed by atoms with Gasteiger partial charge in [-0.05, 0) is 47.9 Å². The molecule has 1 fully saturated rings. The summed E-state index contributed by atoms with van der Waals surface area (Å²) in [5.74, 6) is -0.0548. The van der Waals surface area contributed by atoms with E-state index >= 15 is 0 Å². The Balaban J connectivity index is 1.79. The molecule has 1 aliphatic heterocycles. The number of carboxylic acids is 1. The Morgan fingerprint density at radius 1 is 1.15 bits per heavy atom. The summed E-state index contributed by atoms with van der Waals surface area (Å²) >= 11 is 0. The normalized spacial score (nSPS) is 14.6. The van der Waals surface area contributed by atoms with Crippen LogP contribution in [0.25, 0.3) is 21.9 Å². The molecule has 6 nitrogen and oxygen atoms in total. The quantitative estimate of drug-likeness (QED) is 0.783. The molecule has 0 saturated carbocycles. The molecule has 6 heteroatoms. The highest BCUT2D eigenvalue weighted by Crippen LogP contribution is 2.31. The maximum Gasteiger partial charge on any atom is 0.335 e. The summed E-state index contributed by atoms with van der Waals surface area (Å²) < 4.78 is 5.42. The second-order valence-corrected chi connectivity index (χ2v) is 6.40. The molecule has 0 bridgehead atoms. The molecule has 0 aliphatic carbocycles. The smallest absolute Gasteiger partial charge is 0.335 e. The Kier molecular flexibility index (Phi) is 4.26. The largest absolute Gasteiger partial charge is 0.478 e. The van der Waals surface area contributed by atoms with Crippen LogP contribution in [-0.2, 0) is 4.74 Å². The molecule has 3 aromatic rings. The summed E-state index contributed by atoms with van der Waals surface area (Å²) in [6.07, 6.45) is 1.75. The number of aromatic nitrogens is 2. The minimum Gasteiger partial charge on any atom is -0.478 e. The summed E-state index contributed by atoms with van der Waals surface area (Å²) in [6, 6.07) is 11.3. The molecule has 0 unspecified atom stereocenters. The predicted octanol–water partition coefficient (Wildman–Crippen LogP) is 3.14. The lowest BCUT2D eigenvalue weighted by Crippen LogP contribution is -2.37. The molecule has 0 atom stereocenters. The number of anilines is 1. The number of morpholine rings is 1. The summed E-state index contributed by atoms with van der Waals surface area (Å²) in [7, 11) is 0. The van der Waals surface area contributed by atoms with Crippen molar-refractivity contribution in [2.75, 3.05) is 31.2 Å². The summed E-state index contributed by atoms with van der Waals surface area (Å²) in [5.41, 5.74) is 3.20. The second kappa shape index (κ2) is 6.72. The molecular formula is C20H19N3O3. The minimum atomic E-state index is -0.924. The van der Waals surface area contributed by atoms with Gasteiger partial charge in [-0.2, -0.15) is 5.10 Å². The van der Waals surface area contributed by atoms with E-state index in [0.29, 0.717) is 13.2 Å². The Morgan fingerprint density at radius 3 is 2.73 bits per heavy atom. The molecule has 1 aliphatic rings. The Bertz CT molecular complexity index is 981. The Hall–Kier alpha value is -2.99. The van der Waals surface area contributed by atoms with E-state index in [4.69, 9.17) is 4.74 Å². The molecular weight excluding hydrogens is 330 g/mol. The highest BCUT2D eigenvalue weighted by Gasteiger charge is 2.16. The number of aryl methyl sites for hydroxylation is 1. The number of rotatable bonds is 3. The van der Waals surface area contributed by atoms with Crippen molar-refractivity contribution >= 4 is 22.6 Å². The molecule has 26 heavy (non-hydrogen) atoms. The van der Waals surface area contributed by atoms with Gasteiger partial charge in [0.2, 0.25) is 0 Å². The van der Waals surface area contributed by atoms with E-state index in [0.717, 1.165) is 46.4 Å². The van der Waals surface area contributed by atoms with Crippen molar-refractivity contribution in [3.63, 3.8) is 0 Å². The highest BCUT2D eigenvalue weighted by atomic mass is 16.5. The van der Waals surface area contributed by atoms with Crippen molar-refractivity contribution < 1.29 is 14.6 Å². The molecule has 1 aromatic heterocycles. The first-order valence-corrected chi connectivity index (χ1v) is 8.56. The summed E-state index contributed by atoms with van der Waals surface area (Å²) in [4.78, 5) is 13.5. The SMILES string of the molecule is Cc1ccc(C(=O)O)cc1-c1ccc2c(N3CCOCC3)nncc2c1. The average Bonchev–Trinajstić information content (AvgIpc) is 2.68. The molecule has 4 rings (SSSR count). The molecule has 2 heterocycles. The number of carboxylic acid groups (broad SMARTS) is 1. The number of hydrogen-bond acceptors (Lipinski definition) is 5. The first kappa shape index (κ1) is 16.5. The number of carbonyl (C=O) groups is 1. The van der Waals surface area contributed by atoms with Crippen LogP contribution in [0.4, 0.5) is 5.82 Å². The van der Waals surface area contributed by atoms with E-state index < -0.39 is 5.97 Å². The molecule has 1 N–H and O–H groups in total. The van der Waals surface area contributed by atoms with Crippen LogP contribution in [0, 0.1) is 6.92 Å². The van der Waals surface area contributed by atoms with Crippen LogP contribution in [0.3, 0.4) is 0 Å². The number of benzene rings is 2. The van der Waals surface area contributed by atoms with Gasteiger partial charge in [0.25, 0.3) is 0 Å². The fourth-order valence-electron chi connectivity index (χ4n) is 3.32. The van der Waals surface area contributed by atoms with E-state index in [-0.39, 0.29) is 5.56 Å². The zero-order valence-corrected chi connectivity index (χ0v) is 14.5. The topological polar surface area (TPSA) is 75.5 Å². The van der Waals surface area contributed by atoms with Crippen LogP contribution >= 0.6 is 0 Å². The maximum absolute atomic E-state index is 11.3. The standard InChI is InChI=1S/C20H19N3O3/c1-13-2-3-15(20(24)25)11-18(13)14-4-5-17-16(10-14)12-21-22-19(17)23-6-8-26-9-7-23/h2-5,10-12H,6-9H2,1H3,(H,24,25). The zero-order chi connectivity index (χ0) is 18.1. The van der Waals surface area contributed by atoms with Crippen molar-refractivity contribution in [3.05, 3.63) is 53.7 Å². The van der Waals surface area contributed by atoms with E-state index in [1.54, 1.807) is 18.3 Å². The van der Waals surface area contributed by atoms with Gasteiger partial charge in [0.05, 0.1) is 25.0 Å². The van der Waals surface area contributed by atoms with Crippen LogP contribution < -0.4 is 4.90 Å². The van der Waals surface area contributed by atoms with Gasteiger partial charge in [-0.15, -0.1) is 5.10 Å². The van der Waals surface area contributed by atoms with Gasteiger partial charge < -0.3 is 14.7 Å². The van der Waals surface area contributed by atoms with Crippen LogP contribution in [0.2, 0.25) is 0 Å². The van der Waals surface area contributed by atoms with Gasteiger partial charge in [-0.1, -0.05) is 12.1 Å². The van der Waals surface area contributed by atoms with Crippen molar-refractivity contribution in [1.82, 2.24) is 10.2 Å². The lowest BCUT2D eigenvalue weighted by Gasteiger charge is -2.28. The third-order valence-electron chi connectivity index (χ3n) is 4.75. The number of fused-ring (bicyclic) bond motifs is 1. The van der Waals surface area contributed by atoms with Crippen molar-refractivity contribution in [1.29, 1.82) is 0 Å². The van der Waals surface area contributed by atoms with Gasteiger partial charge in [-0.25, -0.2) is 4.79 Å². The molecule has 0 spiro atoms. The fourth-order valence-corrected chi connectivity index (χ4v) is 3.32. The van der Waals surface area contributed by atoms with E-state index in [1.807, 2.05) is 31.2 Å². The minimum absolute atomic E-state index is 0.285. The van der Waals surface area contributed by atoms with Gasteiger partial charge >= 0.3 is 5.97 Å². The first-order chi connectivity index (χ1) is 12.6. The highest BCUT2D eigenvalue weighted by molar-refractivity contribution is 5.95. The van der Waals surface area contributed by atoms with Crippen LogP contribution in [-0.4, -0.2) is 47.6 Å². The van der Waals surface area contributed by atoms with Crippen molar-refractivity contribution in [3.8, 4) is 11.1 Å². The second-order valence-electron chi connectivity index (χ2n) is 6.40. The molecule has 0 radical (unpaired) electrons. The van der Waals surface area contributed by atoms with Gasteiger partial charge in [-0.3, -0.25) is 0 Å². The van der Waals surface area contributed by atoms with Crippen molar-refractivity contribution in [2.24, 2.45) is 0 Å². The zero-order valence-electron chi connectivity index (χ0n) is 14.5. The molecule has 0 amide bonds. The number of nitrogens with zero attached hydrogens (tertiary/aromatic N) is 3. The van der Waals surface area contributed by atoms with Crippen LogP contribution in [0.5, 0.6) is 0 Å². The van der Waals surface area contributed by atoms with Crippen molar-refractivity contribution in [2.45, 2.75) is 6.92 Å². The van der Waals surface area contributed by atoms with E-state index in [2.05, 4.69) is 15.1 Å². The average molecular weight is 349 g/mol. The van der Waals surface area contributed by atoms with E-state index in [1.165, 1.54) is 0 Å². The van der Waals surface area contributed by atoms with Gasteiger partial charge in [0, 0.05) is 23.9 Å². The first-order valence-electron chi connectivity index (χ1n) is 8.56. The van der Waals surface area contributed by atoms with Gasteiger partial charge in [0.1, 0.15) is 0 Å². The third kappa shape index (κ3) is 2.99. The fraction of sp³-hybridized carbons (Fsp3) is 0.250. The lowest BCUT2D eigenvalue weighted by molar-refractivity contribution is 0.0697. The van der Waals surface area contributed by atoms with E-state index in [9.17, 15) is 9.90 Å².